The molecule has 40 heavy (non-hydrogen) atoms. The average molecular weight is 545 g/mol. The van der Waals surface area contributed by atoms with E-state index in [4.69, 9.17) is 4.74 Å². The molecule has 2 N–H and O–H groups in total. The molecule has 3 aromatic rings. The first kappa shape index (κ1) is 28.3. The zero-order valence-corrected chi connectivity index (χ0v) is 22.5. The maximum atomic E-state index is 13.9. The standard InChI is InChI=1S/C30H32N4O6/c1-3-4-16-40-28(37)19-34-26-15-8-7-14-25(26)33(27(36)17-31-20(2)35)18-24(30(34)39)32-29(38)23-13-9-11-21-10-5-6-12-22(21)23/h5-15,24H,3-4,16-19H2,1-2H3,(H,31,35)(H,32,38)/t24-/m0/s1. The van der Waals surface area contributed by atoms with Crippen LogP contribution < -0.4 is 20.4 Å². The van der Waals surface area contributed by atoms with Crippen molar-refractivity contribution in [2.45, 2.75) is 32.7 Å². The smallest absolute Gasteiger partial charge is 0.326 e. The van der Waals surface area contributed by atoms with Gasteiger partial charge in [-0.05, 0) is 35.4 Å². The number of fused-ring (bicyclic) bond motifs is 2. The van der Waals surface area contributed by atoms with Crippen LogP contribution in [0.1, 0.15) is 37.0 Å². The van der Waals surface area contributed by atoms with Gasteiger partial charge in [0, 0.05) is 12.5 Å². The molecule has 0 radical (unpaired) electrons. The number of para-hydroxylation sites is 2. The second-order valence-electron chi connectivity index (χ2n) is 9.45. The number of carbonyl (C=O) groups is 5. The van der Waals surface area contributed by atoms with Gasteiger partial charge in [-0.2, -0.15) is 0 Å². The Labute approximate surface area is 232 Å². The summed E-state index contributed by atoms with van der Waals surface area (Å²) < 4.78 is 5.31. The molecule has 0 aromatic heterocycles. The first-order valence-corrected chi connectivity index (χ1v) is 13.2. The summed E-state index contributed by atoms with van der Waals surface area (Å²) in [6, 6.07) is 18.2. The number of amides is 4. The maximum absolute atomic E-state index is 13.9. The molecule has 1 heterocycles. The van der Waals surface area contributed by atoms with E-state index in [-0.39, 0.29) is 25.6 Å². The van der Waals surface area contributed by atoms with E-state index in [1.165, 1.54) is 16.7 Å². The molecule has 0 bridgehead atoms. The number of hydrogen-bond acceptors (Lipinski definition) is 6. The fourth-order valence-corrected chi connectivity index (χ4v) is 4.55. The molecule has 0 spiro atoms. The molecule has 4 amide bonds. The first-order valence-electron chi connectivity index (χ1n) is 13.2. The molecule has 1 aliphatic rings. The minimum absolute atomic E-state index is 0.202. The Kier molecular flexibility index (Phi) is 9.11. The summed E-state index contributed by atoms with van der Waals surface area (Å²) in [6.45, 7) is 2.59. The number of benzene rings is 3. The van der Waals surface area contributed by atoms with Crippen LogP contribution in [0.2, 0.25) is 0 Å². The van der Waals surface area contributed by atoms with Crippen LogP contribution in [0.25, 0.3) is 10.8 Å². The summed E-state index contributed by atoms with van der Waals surface area (Å²) >= 11 is 0. The van der Waals surface area contributed by atoms with Crippen molar-refractivity contribution in [3.05, 3.63) is 72.3 Å². The lowest BCUT2D eigenvalue weighted by molar-refractivity contribution is -0.143. The summed E-state index contributed by atoms with van der Waals surface area (Å²) in [6.07, 6.45) is 1.53. The minimum atomic E-state index is -1.19. The van der Waals surface area contributed by atoms with Crippen molar-refractivity contribution < 1.29 is 28.7 Å². The SMILES string of the molecule is CCCCOC(=O)CN1C(=O)[C@@H](NC(=O)c2cccc3ccccc23)CN(C(=O)CNC(C)=O)c2ccccc21. The fourth-order valence-electron chi connectivity index (χ4n) is 4.55. The Balaban J connectivity index is 1.70. The third-order valence-corrected chi connectivity index (χ3v) is 6.57. The topological polar surface area (TPSA) is 125 Å². The fraction of sp³-hybridized carbons (Fsp3) is 0.300. The molecule has 10 nitrogen and oxygen atoms in total. The van der Waals surface area contributed by atoms with E-state index in [0.717, 1.165) is 11.8 Å². The van der Waals surface area contributed by atoms with Crippen LogP contribution in [0.4, 0.5) is 11.4 Å². The number of esters is 1. The molecule has 208 valence electrons. The maximum Gasteiger partial charge on any atom is 0.326 e. The molecule has 0 aliphatic carbocycles. The third kappa shape index (κ3) is 6.45. The number of ether oxygens (including phenoxy) is 1. The number of carbonyl (C=O) groups excluding carboxylic acids is 5. The van der Waals surface area contributed by atoms with Crippen molar-refractivity contribution in [1.82, 2.24) is 10.6 Å². The van der Waals surface area contributed by atoms with E-state index >= 15 is 0 Å². The van der Waals surface area contributed by atoms with Gasteiger partial charge in [-0.1, -0.05) is 61.9 Å². The Bertz CT molecular complexity index is 1430. The second-order valence-corrected chi connectivity index (χ2v) is 9.45. The van der Waals surface area contributed by atoms with Crippen molar-refractivity contribution in [1.29, 1.82) is 0 Å². The minimum Gasteiger partial charge on any atom is -0.464 e. The van der Waals surface area contributed by atoms with Gasteiger partial charge >= 0.3 is 5.97 Å². The number of anilines is 2. The van der Waals surface area contributed by atoms with Gasteiger partial charge in [-0.25, -0.2) is 0 Å². The molecule has 3 aromatic carbocycles. The Hall–Kier alpha value is -4.73. The predicted molar refractivity (Wildman–Crippen MR) is 151 cm³/mol. The number of nitrogens with zero attached hydrogens (tertiary/aromatic N) is 2. The summed E-state index contributed by atoms with van der Waals surface area (Å²) in [4.78, 5) is 67.5. The predicted octanol–water partition coefficient (Wildman–Crippen LogP) is 2.80. The van der Waals surface area contributed by atoms with Crippen LogP contribution in [-0.4, -0.2) is 61.9 Å². The van der Waals surface area contributed by atoms with Crippen LogP contribution in [-0.2, 0) is 23.9 Å². The quantitative estimate of drug-likeness (QED) is 0.315. The molecule has 0 saturated heterocycles. The van der Waals surface area contributed by atoms with Crippen LogP contribution in [0.3, 0.4) is 0 Å². The summed E-state index contributed by atoms with van der Waals surface area (Å²) in [5.74, 6) is -2.53. The van der Waals surface area contributed by atoms with Crippen molar-refractivity contribution in [3.8, 4) is 0 Å². The van der Waals surface area contributed by atoms with E-state index < -0.39 is 36.3 Å². The molecule has 1 aliphatic heterocycles. The second kappa shape index (κ2) is 12.9. The van der Waals surface area contributed by atoms with Gasteiger partial charge < -0.3 is 20.3 Å². The van der Waals surface area contributed by atoms with E-state index in [9.17, 15) is 24.0 Å². The van der Waals surface area contributed by atoms with Gasteiger partial charge in [0.25, 0.3) is 11.8 Å². The van der Waals surface area contributed by atoms with E-state index in [1.807, 2.05) is 37.3 Å². The summed E-state index contributed by atoms with van der Waals surface area (Å²) in [5, 5.41) is 6.85. The Morgan fingerprint density at radius 3 is 2.40 bits per heavy atom. The van der Waals surface area contributed by atoms with Gasteiger partial charge in [0.1, 0.15) is 12.6 Å². The number of hydrogen-bond donors (Lipinski definition) is 2. The first-order chi connectivity index (χ1) is 19.3. The van der Waals surface area contributed by atoms with Crippen LogP contribution in [0, 0.1) is 0 Å². The van der Waals surface area contributed by atoms with Gasteiger partial charge in [0.05, 0.1) is 31.1 Å². The highest BCUT2D eigenvalue weighted by Gasteiger charge is 2.38. The van der Waals surface area contributed by atoms with Gasteiger partial charge in [-0.15, -0.1) is 0 Å². The van der Waals surface area contributed by atoms with Gasteiger partial charge in [-0.3, -0.25) is 28.9 Å². The van der Waals surface area contributed by atoms with Crippen molar-refractivity contribution in [2.75, 3.05) is 36.0 Å². The lowest BCUT2D eigenvalue weighted by atomic mass is 10.0. The summed E-state index contributed by atoms with van der Waals surface area (Å²) in [7, 11) is 0. The van der Waals surface area contributed by atoms with Gasteiger partial charge in [0.2, 0.25) is 11.8 Å². The largest absolute Gasteiger partial charge is 0.464 e. The van der Waals surface area contributed by atoms with Crippen LogP contribution >= 0.6 is 0 Å². The molecule has 10 heteroatoms. The highest BCUT2D eigenvalue weighted by atomic mass is 16.5. The van der Waals surface area contributed by atoms with E-state index in [1.54, 1.807) is 36.4 Å². The zero-order valence-electron chi connectivity index (χ0n) is 22.5. The molecule has 1 atom stereocenters. The number of unbranched alkanes of at least 4 members (excludes halogenated alkanes) is 1. The van der Waals surface area contributed by atoms with Crippen molar-refractivity contribution in [2.24, 2.45) is 0 Å². The van der Waals surface area contributed by atoms with Gasteiger partial charge in [0.15, 0.2) is 0 Å². The molecule has 0 unspecified atom stereocenters. The highest BCUT2D eigenvalue weighted by molar-refractivity contribution is 6.13. The van der Waals surface area contributed by atoms with Crippen LogP contribution in [0.5, 0.6) is 0 Å². The van der Waals surface area contributed by atoms with E-state index in [0.29, 0.717) is 28.7 Å². The van der Waals surface area contributed by atoms with Crippen molar-refractivity contribution >= 4 is 51.7 Å². The highest BCUT2D eigenvalue weighted by Crippen LogP contribution is 2.33. The number of rotatable bonds is 9. The zero-order chi connectivity index (χ0) is 28.6. The molecule has 4 rings (SSSR count). The monoisotopic (exact) mass is 544 g/mol. The number of nitrogens with one attached hydrogen (secondary N) is 2. The molecular weight excluding hydrogens is 512 g/mol. The van der Waals surface area contributed by atoms with Crippen molar-refractivity contribution in [3.63, 3.8) is 0 Å². The average Bonchev–Trinajstić information content (AvgIpc) is 3.06. The van der Waals surface area contributed by atoms with E-state index in [2.05, 4.69) is 10.6 Å². The van der Waals surface area contributed by atoms with Crippen LogP contribution in [0.15, 0.2) is 66.7 Å². The normalized spacial score (nSPS) is 14.8. The Morgan fingerprint density at radius 2 is 1.65 bits per heavy atom. The molecule has 0 fully saturated rings. The summed E-state index contributed by atoms with van der Waals surface area (Å²) in [5.41, 5.74) is 1.06. The molecular formula is C30H32N4O6. The lowest BCUT2D eigenvalue weighted by Gasteiger charge is -2.25. The Morgan fingerprint density at radius 1 is 0.950 bits per heavy atom. The lowest BCUT2D eigenvalue weighted by Crippen LogP contribution is -2.54. The molecule has 0 saturated carbocycles. The third-order valence-electron chi connectivity index (χ3n) is 6.57.